The minimum Gasteiger partial charge on any atom is -0.376 e. The molecule has 1 unspecified atom stereocenters. The number of hydrogen-bond acceptors (Lipinski definition) is 2. The second-order valence-electron chi connectivity index (χ2n) is 3.33. The molecule has 1 atom stereocenters. The standard InChI is InChI=1S/C10H14N2O/c1-2-9-6-11-12(7-9)8-10-4-3-5-13-10/h2,6-7,10H,1,3-5,8H2. The highest BCUT2D eigenvalue weighted by Gasteiger charge is 2.15. The van der Waals surface area contributed by atoms with Crippen LogP contribution in [0, 0.1) is 0 Å². The van der Waals surface area contributed by atoms with Crippen molar-refractivity contribution in [2.24, 2.45) is 0 Å². The number of rotatable bonds is 3. The van der Waals surface area contributed by atoms with Crippen molar-refractivity contribution in [1.82, 2.24) is 9.78 Å². The molecule has 1 aromatic heterocycles. The van der Waals surface area contributed by atoms with E-state index in [-0.39, 0.29) is 0 Å². The summed E-state index contributed by atoms with van der Waals surface area (Å²) < 4.78 is 7.44. The molecule has 0 N–H and O–H groups in total. The average Bonchev–Trinajstić information content (AvgIpc) is 2.76. The van der Waals surface area contributed by atoms with Crippen molar-refractivity contribution in [3.63, 3.8) is 0 Å². The van der Waals surface area contributed by atoms with Gasteiger partial charge in [0.15, 0.2) is 0 Å². The Morgan fingerprint density at radius 3 is 3.31 bits per heavy atom. The maximum absolute atomic E-state index is 5.51. The van der Waals surface area contributed by atoms with E-state index >= 15 is 0 Å². The Labute approximate surface area is 78.0 Å². The maximum atomic E-state index is 5.51. The van der Waals surface area contributed by atoms with Gasteiger partial charge in [0.25, 0.3) is 0 Å². The zero-order valence-corrected chi connectivity index (χ0v) is 7.65. The van der Waals surface area contributed by atoms with Gasteiger partial charge >= 0.3 is 0 Å². The van der Waals surface area contributed by atoms with E-state index in [0.29, 0.717) is 6.10 Å². The van der Waals surface area contributed by atoms with Crippen LogP contribution in [0.1, 0.15) is 18.4 Å². The lowest BCUT2D eigenvalue weighted by molar-refractivity contribution is 0.0940. The summed E-state index contributed by atoms with van der Waals surface area (Å²) in [5.74, 6) is 0. The van der Waals surface area contributed by atoms with Crippen LogP contribution in [0.5, 0.6) is 0 Å². The Morgan fingerprint density at radius 1 is 1.77 bits per heavy atom. The third kappa shape index (κ3) is 1.98. The van der Waals surface area contributed by atoms with Crippen molar-refractivity contribution in [3.05, 3.63) is 24.5 Å². The zero-order chi connectivity index (χ0) is 9.10. The first-order valence-corrected chi connectivity index (χ1v) is 4.65. The van der Waals surface area contributed by atoms with Gasteiger partial charge in [0.1, 0.15) is 0 Å². The van der Waals surface area contributed by atoms with Crippen molar-refractivity contribution in [2.75, 3.05) is 6.61 Å². The topological polar surface area (TPSA) is 27.1 Å². The number of ether oxygens (including phenoxy) is 1. The second-order valence-corrected chi connectivity index (χ2v) is 3.33. The fourth-order valence-corrected chi connectivity index (χ4v) is 1.58. The summed E-state index contributed by atoms with van der Waals surface area (Å²) in [6, 6.07) is 0. The van der Waals surface area contributed by atoms with Crippen LogP contribution in [0.3, 0.4) is 0 Å². The van der Waals surface area contributed by atoms with Crippen LogP contribution in [-0.2, 0) is 11.3 Å². The molecule has 1 aliphatic heterocycles. The maximum Gasteiger partial charge on any atom is 0.0771 e. The molecule has 1 fully saturated rings. The largest absolute Gasteiger partial charge is 0.376 e. The first-order valence-electron chi connectivity index (χ1n) is 4.65. The van der Waals surface area contributed by atoms with Crippen LogP contribution >= 0.6 is 0 Å². The molecule has 2 rings (SSSR count). The fraction of sp³-hybridized carbons (Fsp3) is 0.500. The average molecular weight is 178 g/mol. The predicted octanol–water partition coefficient (Wildman–Crippen LogP) is 1.71. The molecular weight excluding hydrogens is 164 g/mol. The Bertz CT molecular complexity index is 287. The molecule has 0 aliphatic carbocycles. The van der Waals surface area contributed by atoms with E-state index in [1.165, 1.54) is 6.42 Å². The van der Waals surface area contributed by atoms with Gasteiger partial charge in [-0.2, -0.15) is 5.10 Å². The number of nitrogens with zero attached hydrogens (tertiary/aromatic N) is 2. The summed E-state index contributed by atoms with van der Waals surface area (Å²) in [5.41, 5.74) is 1.07. The minimum atomic E-state index is 0.359. The van der Waals surface area contributed by atoms with Crippen molar-refractivity contribution >= 4 is 6.08 Å². The molecule has 2 heterocycles. The lowest BCUT2D eigenvalue weighted by atomic mass is 10.2. The quantitative estimate of drug-likeness (QED) is 0.704. The molecule has 0 radical (unpaired) electrons. The molecule has 0 bridgehead atoms. The van der Waals surface area contributed by atoms with Crippen LogP contribution in [0.4, 0.5) is 0 Å². The van der Waals surface area contributed by atoms with E-state index < -0.39 is 0 Å². The third-order valence-corrected chi connectivity index (χ3v) is 2.30. The van der Waals surface area contributed by atoms with Crippen LogP contribution in [0.2, 0.25) is 0 Å². The molecule has 0 amide bonds. The van der Waals surface area contributed by atoms with Gasteiger partial charge in [-0.1, -0.05) is 12.7 Å². The molecule has 1 aromatic rings. The van der Waals surface area contributed by atoms with E-state index in [9.17, 15) is 0 Å². The smallest absolute Gasteiger partial charge is 0.0771 e. The Kier molecular flexibility index (Phi) is 2.45. The van der Waals surface area contributed by atoms with Gasteiger partial charge in [0.2, 0.25) is 0 Å². The Morgan fingerprint density at radius 2 is 2.69 bits per heavy atom. The van der Waals surface area contributed by atoms with Crippen molar-refractivity contribution in [3.8, 4) is 0 Å². The van der Waals surface area contributed by atoms with Crippen molar-refractivity contribution in [1.29, 1.82) is 0 Å². The van der Waals surface area contributed by atoms with E-state index in [1.54, 1.807) is 6.08 Å². The third-order valence-electron chi connectivity index (χ3n) is 2.30. The lowest BCUT2D eigenvalue weighted by Gasteiger charge is -2.08. The van der Waals surface area contributed by atoms with E-state index in [4.69, 9.17) is 4.74 Å². The van der Waals surface area contributed by atoms with Crippen LogP contribution < -0.4 is 0 Å². The van der Waals surface area contributed by atoms with Gasteiger partial charge in [-0.3, -0.25) is 4.68 Å². The highest BCUT2D eigenvalue weighted by atomic mass is 16.5. The molecule has 0 spiro atoms. The van der Waals surface area contributed by atoms with Gasteiger partial charge in [-0.25, -0.2) is 0 Å². The summed E-state index contributed by atoms with van der Waals surface area (Å²) in [6.45, 7) is 5.46. The summed E-state index contributed by atoms with van der Waals surface area (Å²) in [5, 5.41) is 4.22. The van der Waals surface area contributed by atoms with Crippen LogP contribution in [0.15, 0.2) is 19.0 Å². The van der Waals surface area contributed by atoms with Gasteiger partial charge < -0.3 is 4.74 Å². The fourth-order valence-electron chi connectivity index (χ4n) is 1.58. The molecule has 1 saturated heterocycles. The van der Waals surface area contributed by atoms with E-state index in [0.717, 1.165) is 25.1 Å². The van der Waals surface area contributed by atoms with Gasteiger partial charge in [-0.15, -0.1) is 0 Å². The summed E-state index contributed by atoms with van der Waals surface area (Å²) in [4.78, 5) is 0. The molecule has 0 saturated carbocycles. The summed E-state index contributed by atoms with van der Waals surface area (Å²) in [6.07, 6.45) is 8.32. The SMILES string of the molecule is C=Cc1cnn(CC2CCCO2)c1. The van der Waals surface area contributed by atoms with Crippen molar-refractivity contribution in [2.45, 2.75) is 25.5 Å². The minimum absolute atomic E-state index is 0.359. The van der Waals surface area contributed by atoms with Gasteiger partial charge in [-0.05, 0) is 12.8 Å². The molecule has 13 heavy (non-hydrogen) atoms. The lowest BCUT2D eigenvalue weighted by Crippen LogP contribution is -2.14. The van der Waals surface area contributed by atoms with Crippen LogP contribution in [0.25, 0.3) is 6.08 Å². The second kappa shape index (κ2) is 3.75. The van der Waals surface area contributed by atoms with E-state index in [1.807, 2.05) is 17.1 Å². The molecular formula is C10H14N2O. The molecule has 1 aliphatic rings. The predicted molar refractivity (Wildman–Crippen MR) is 51.3 cm³/mol. The molecule has 70 valence electrons. The monoisotopic (exact) mass is 178 g/mol. The summed E-state index contributed by atoms with van der Waals surface area (Å²) >= 11 is 0. The Hall–Kier alpha value is -1.09. The summed E-state index contributed by atoms with van der Waals surface area (Å²) in [7, 11) is 0. The first kappa shape index (κ1) is 8.51. The first-order chi connectivity index (χ1) is 6.38. The molecule has 3 heteroatoms. The normalized spacial score (nSPS) is 22.0. The van der Waals surface area contributed by atoms with Crippen molar-refractivity contribution < 1.29 is 4.74 Å². The Balaban J connectivity index is 1.96. The van der Waals surface area contributed by atoms with E-state index in [2.05, 4.69) is 11.7 Å². The molecule has 0 aromatic carbocycles. The van der Waals surface area contributed by atoms with Gasteiger partial charge in [0, 0.05) is 18.4 Å². The van der Waals surface area contributed by atoms with Crippen LogP contribution in [-0.4, -0.2) is 22.5 Å². The molecule has 3 nitrogen and oxygen atoms in total. The highest BCUT2D eigenvalue weighted by Crippen LogP contribution is 2.13. The zero-order valence-electron chi connectivity index (χ0n) is 7.65. The highest BCUT2D eigenvalue weighted by molar-refractivity contribution is 5.43. The van der Waals surface area contributed by atoms with Gasteiger partial charge in [0.05, 0.1) is 18.8 Å². The number of aromatic nitrogens is 2. The number of hydrogen-bond donors (Lipinski definition) is 0.